The predicted molar refractivity (Wildman–Crippen MR) is 124 cm³/mol. The van der Waals surface area contributed by atoms with Gasteiger partial charge in [0.1, 0.15) is 6.54 Å². The van der Waals surface area contributed by atoms with E-state index < -0.39 is 16.7 Å². The van der Waals surface area contributed by atoms with Crippen LogP contribution in [0.1, 0.15) is 29.5 Å². The summed E-state index contributed by atoms with van der Waals surface area (Å²) in [6.07, 6.45) is 0.610. The minimum Gasteiger partial charge on any atom is -0.328 e. The van der Waals surface area contributed by atoms with Crippen LogP contribution >= 0.6 is 23.2 Å². The van der Waals surface area contributed by atoms with Gasteiger partial charge in [-0.2, -0.15) is 0 Å². The third-order valence-corrected chi connectivity index (χ3v) is 5.25. The Kier molecular flexibility index (Phi) is 7.62. The van der Waals surface area contributed by atoms with E-state index in [1.165, 1.54) is 33.8 Å². The van der Waals surface area contributed by atoms with Crippen LogP contribution in [-0.4, -0.2) is 49.7 Å². The van der Waals surface area contributed by atoms with Crippen molar-refractivity contribution in [2.75, 3.05) is 18.4 Å². The predicted octanol–water partition coefficient (Wildman–Crippen LogP) is 4.28. The maximum absolute atomic E-state index is 13.2. The lowest BCUT2D eigenvalue weighted by Crippen LogP contribution is -2.39. The molecule has 1 N–H and O–H groups in total. The summed E-state index contributed by atoms with van der Waals surface area (Å²) >= 11 is 12.0. The summed E-state index contributed by atoms with van der Waals surface area (Å²) in [5.74, 6) is -0.923. The molecule has 3 aromatic rings. The number of rotatable bonds is 8. The number of nitro groups is 1. The van der Waals surface area contributed by atoms with Gasteiger partial charge in [0.2, 0.25) is 5.91 Å². The summed E-state index contributed by atoms with van der Waals surface area (Å²) in [5.41, 5.74) is 1.10. The van der Waals surface area contributed by atoms with Crippen LogP contribution in [0.2, 0.25) is 10.0 Å². The molecule has 2 aromatic carbocycles. The molecule has 33 heavy (non-hydrogen) atoms. The van der Waals surface area contributed by atoms with Gasteiger partial charge in [-0.3, -0.25) is 19.7 Å². The number of carbonyl (C=O) groups excluding carboxylic acids is 2. The van der Waals surface area contributed by atoms with Crippen molar-refractivity contribution in [1.29, 1.82) is 0 Å². The van der Waals surface area contributed by atoms with Gasteiger partial charge in [-0.05, 0) is 37.6 Å². The molecule has 0 unspecified atom stereocenters. The monoisotopic (exact) mass is 490 g/mol. The number of nitrogens with one attached hydrogen (secondary N) is 1. The first-order valence-corrected chi connectivity index (χ1v) is 10.7. The number of carbonyl (C=O) groups is 2. The number of nitro benzene ring substituents is 1. The lowest BCUT2D eigenvalue weighted by atomic mass is 10.2. The zero-order chi connectivity index (χ0) is 24.1. The first kappa shape index (κ1) is 24.1. The molecule has 0 aliphatic rings. The van der Waals surface area contributed by atoms with Crippen LogP contribution in [0.3, 0.4) is 0 Å². The molecule has 0 atom stereocenters. The number of benzene rings is 2. The van der Waals surface area contributed by atoms with Crippen LogP contribution in [0.5, 0.6) is 0 Å². The van der Waals surface area contributed by atoms with E-state index in [1.54, 1.807) is 25.1 Å². The molecule has 0 aliphatic heterocycles. The Balaban J connectivity index is 1.80. The van der Waals surface area contributed by atoms with E-state index in [4.69, 9.17) is 23.2 Å². The van der Waals surface area contributed by atoms with Crippen LogP contribution in [0.25, 0.3) is 5.69 Å². The molecule has 0 saturated carbocycles. The Labute approximate surface area is 199 Å². The fourth-order valence-corrected chi connectivity index (χ4v) is 3.59. The second-order valence-corrected chi connectivity index (χ2v) is 7.95. The van der Waals surface area contributed by atoms with Crippen molar-refractivity contribution in [2.24, 2.45) is 0 Å². The van der Waals surface area contributed by atoms with Gasteiger partial charge in [-0.1, -0.05) is 41.4 Å². The number of amides is 2. The lowest BCUT2D eigenvalue weighted by Gasteiger charge is -2.21. The second kappa shape index (κ2) is 10.4. The molecule has 0 saturated heterocycles. The van der Waals surface area contributed by atoms with Gasteiger partial charge in [0, 0.05) is 23.7 Å². The molecular weight excluding hydrogens is 471 g/mol. The van der Waals surface area contributed by atoms with Crippen molar-refractivity contribution in [3.63, 3.8) is 0 Å². The molecule has 0 spiro atoms. The Hall–Kier alpha value is -3.50. The average Bonchev–Trinajstić information content (AvgIpc) is 3.16. The number of anilines is 1. The van der Waals surface area contributed by atoms with E-state index in [0.29, 0.717) is 35.1 Å². The third kappa shape index (κ3) is 5.65. The van der Waals surface area contributed by atoms with E-state index in [9.17, 15) is 19.7 Å². The van der Waals surface area contributed by atoms with Gasteiger partial charge in [0.15, 0.2) is 5.69 Å². The molecule has 0 aliphatic carbocycles. The SMILES string of the molecule is CCCN(CC(=O)Nc1ccc(Cl)cc1Cl)C(=O)c1nnn(-c2cccc([N+](=O)[O-])c2)c1C. The topological polar surface area (TPSA) is 123 Å². The molecular formula is C21H20Cl2N6O4. The maximum Gasteiger partial charge on any atom is 0.276 e. The minimum atomic E-state index is -0.517. The highest BCUT2D eigenvalue weighted by Crippen LogP contribution is 2.25. The van der Waals surface area contributed by atoms with Crippen LogP contribution in [0.15, 0.2) is 42.5 Å². The fourth-order valence-electron chi connectivity index (χ4n) is 3.14. The highest BCUT2D eigenvalue weighted by atomic mass is 35.5. The molecule has 172 valence electrons. The summed E-state index contributed by atoms with van der Waals surface area (Å²) in [6, 6.07) is 10.5. The fraction of sp³-hybridized carbons (Fsp3) is 0.238. The van der Waals surface area contributed by atoms with Crippen molar-refractivity contribution in [3.05, 3.63) is 74.0 Å². The third-order valence-electron chi connectivity index (χ3n) is 4.70. The molecule has 0 bridgehead atoms. The van der Waals surface area contributed by atoms with Crippen molar-refractivity contribution in [2.45, 2.75) is 20.3 Å². The summed E-state index contributed by atoms with van der Waals surface area (Å²) in [6.45, 7) is 3.59. The largest absolute Gasteiger partial charge is 0.328 e. The van der Waals surface area contributed by atoms with Gasteiger partial charge in [-0.15, -0.1) is 5.10 Å². The minimum absolute atomic E-state index is 0.0484. The number of non-ortho nitro benzene ring substituents is 1. The van der Waals surface area contributed by atoms with E-state index in [0.717, 1.165) is 0 Å². The highest BCUT2D eigenvalue weighted by molar-refractivity contribution is 6.36. The molecule has 12 heteroatoms. The van der Waals surface area contributed by atoms with E-state index in [-0.39, 0.29) is 22.9 Å². The molecule has 1 aromatic heterocycles. The van der Waals surface area contributed by atoms with E-state index >= 15 is 0 Å². The highest BCUT2D eigenvalue weighted by Gasteiger charge is 2.25. The Bertz CT molecular complexity index is 1210. The molecule has 1 heterocycles. The maximum atomic E-state index is 13.2. The van der Waals surface area contributed by atoms with Gasteiger partial charge < -0.3 is 10.2 Å². The zero-order valence-corrected chi connectivity index (χ0v) is 19.3. The molecule has 0 radical (unpaired) electrons. The number of aromatic nitrogens is 3. The van der Waals surface area contributed by atoms with Crippen LogP contribution < -0.4 is 5.32 Å². The van der Waals surface area contributed by atoms with Crippen molar-refractivity contribution in [1.82, 2.24) is 19.9 Å². The first-order chi connectivity index (χ1) is 15.7. The standard InChI is InChI=1S/C21H20Cl2N6O4/c1-3-9-27(12-19(30)24-18-8-7-14(22)10-17(18)23)21(31)20-13(2)28(26-25-20)15-5-4-6-16(11-15)29(32)33/h4-8,10-11H,3,9,12H2,1-2H3,(H,24,30). The van der Waals surface area contributed by atoms with Crippen molar-refractivity contribution in [3.8, 4) is 5.69 Å². The Morgan fingerprint density at radius 2 is 1.97 bits per heavy atom. The number of hydrogen-bond acceptors (Lipinski definition) is 6. The molecule has 0 fully saturated rings. The quantitative estimate of drug-likeness (QED) is 0.371. The van der Waals surface area contributed by atoms with E-state index in [2.05, 4.69) is 15.6 Å². The van der Waals surface area contributed by atoms with Crippen molar-refractivity contribution < 1.29 is 14.5 Å². The van der Waals surface area contributed by atoms with Crippen molar-refractivity contribution >= 4 is 46.4 Å². The van der Waals surface area contributed by atoms with Gasteiger partial charge in [0.05, 0.1) is 27.0 Å². The second-order valence-electron chi connectivity index (χ2n) is 7.11. The normalized spacial score (nSPS) is 10.7. The number of nitrogens with zero attached hydrogens (tertiary/aromatic N) is 5. The Morgan fingerprint density at radius 1 is 1.21 bits per heavy atom. The van der Waals surface area contributed by atoms with Crippen LogP contribution in [0, 0.1) is 17.0 Å². The van der Waals surface area contributed by atoms with Gasteiger partial charge >= 0.3 is 0 Å². The van der Waals surface area contributed by atoms with Crippen LogP contribution in [0.4, 0.5) is 11.4 Å². The average molecular weight is 491 g/mol. The lowest BCUT2D eigenvalue weighted by molar-refractivity contribution is -0.384. The van der Waals surface area contributed by atoms with Gasteiger partial charge in [0.25, 0.3) is 11.6 Å². The number of hydrogen-bond donors (Lipinski definition) is 1. The summed E-state index contributed by atoms with van der Waals surface area (Å²) < 4.78 is 1.35. The van der Waals surface area contributed by atoms with Gasteiger partial charge in [-0.25, -0.2) is 4.68 Å². The van der Waals surface area contributed by atoms with E-state index in [1.807, 2.05) is 6.92 Å². The molecule has 10 nitrogen and oxygen atoms in total. The summed E-state index contributed by atoms with van der Waals surface area (Å²) in [7, 11) is 0. The zero-order valence-electron chi connectivity index (χ0n) is 17.8. The number of halogens is 2. The Morgan fingerprint density at radius 3 is 2.64 bits per heavy atom. The molecule has 2 amide bonds. The molecule has 3 rings (SSSR count). The smallest absolute Gasteiger partial charge is 0.276 e. The summed E-state index contributed by atoms with van der Waals surface area (Å²) in [4.78, 5) is 37.6. The summed E-state index contributed by atoms with van der Waals surface area (Å²) in [5, 5.41) is 22.4. The first-order valence-electron chi connectivity index (χ1n) is 9.92. The van der Waals surface area contributed by atoms with Crippen LogP contribution in [-0.2, 0) is 4.79 Å².